The summed E-state index contributed by atoms with van der Waals surface area (Å²) in [5.41, 5.74) is 5.61. The molecule has 0 bridgehead atoms. The van der Waals surface area contributed by atoms with Crippen molar-refractivity contribution in [3.8, 4) is 0 Å². The van der Waals surface area contributed by atoms with E-state index >= 15 is 0 Å². The van der Waals surface area contributed by atoms with E-state index in [1.807, 2.05) is 0 Å². The van der Waals surface area contributed by atoms with Gasteiger partial charge < -0.3 is 19.9 Å². The molecule has 6 rings (SSSR count). The van der Waals surface area contributed by atoms with Gasteiger partial charge in [0.15, 0.2) is 0 Å². The Bertz CT molecular complexity index is 1170. The van der Waals surface area contributed by atoms with Gasteiger partial charge in [0.05, 0.1) is 42.0 Å². The molecule has 1 spiro atoms. The summed E-state index contributed by atoms with van der Waals surface area (Å²) in [6.07, 6.45) is 18.0. The number of likely N-dealkylation sites (tertiary alicyclic amines) is 1. The predicted molar refractivity (Wildman–Crippen MR) is 145 cm³/mol. The van der Waals surface area contributed by atoms with Crippen molar-refractivity contribution in [1.82, 2.24) is 20.2 Å². The number of allylic oxidation sites excluding steroid dienone is 4. The number of aliphatic imine (C=N–C) groups is 2. The monoisotopic (exact) mass is 502 g/mol. The van der Waals surface area contributed by atoms with Crippen LogP contribution in [0.25, 0.3) is 0 Å². The second-order valence-corrected chi connectivity index (χ2v) is 11.4. The highest BCUT2D eigenvalue weighted by Gasteiger charge is 2.40. The highest BCUT2D eigenvalue weighted by Crippen LogP contribution is 2.38. The maximum atomic E-state index is 12.9. The molecular formula is C29H38N6O2. The number of hydrogen-bond acceptors (Lipinski definition) is 7. The van der Waals surface area contributed by atoms with Gasteiger partial charge in [-0.05, 0) is 81.7 Å². The van der Waals surface area contributed by atoms with Gasteiger partial charge in [-0.25, -0.2) is 4.98 Å². The third kappa shape index (κ3) is 5.27. The van der Waals surface area contributed by atoms with E-state index in [-0.39, 0.29) is 23.8 Å². The molecule has 1 aromatic heterocycles. The van der Waals surface area contributed by atoms with Crippen molar-refractivity contribution in [2.45, 2.75) is 57.4 Å². The Kier molecular flexibility index (Phi) is 6.95. The van der Waals surface area contributed by atoms with Crippen LogP contribution in [0.4, 0.5) is 0 Å². The van der Waals surface area contributed by atoms with Crippen LogP contribution in [0.2, 0.25) is 0 Å². The van der Waals surface area contributed by atoms with Crippen LogP contribution in [-0.2, 0) is 9.53 Å². The second-order valence-electron chi connectivity index (χ2n) is 11.4. The molecule has 0 aromatic carbocycles. The van der Waals surface area contributed by atoms with E-state index in [1.54, 1.807) is 12.5 Å². The number of carbonyl (C=O) groups excluding carboxylic acids is 1. The molecule has 0 amide bonds. The van der Waals surface area contributed by atoms with Crippen molar-refractivity contribution < 1.29 is 9.53 Å². The Morgan fingerprint density at radius 3 is 3.08 bits per heavy atom. The van der Waals surface area contributed by atoms with Crippen molar-refractivity contribution in [3.63, 3.8) is 0 Å². The van der Waals surface area contributed by atoms with Crippen LogP contribution in [0.15, 0.2) is 51.9 Å². The largest absolute Gasteiger partial charge is 0.465 e. The van der Waals surface area contributed by atoms with Gasteiger partial charge in [0.2, 0.25) is 0 Å². The lowest BCUT2D eigenvalue weighted by Crippen LogP contribution is -2.30. The van der Waals surface area contributed by atoms with Gasteiger partial charge in [-0.3, -0.25) is 14.8 Å². The average molecular weight is 503 g/mol. The molecule has 0 saturated carbocycles. The number of H-pyrrole nitrogens is 1. The Hall–Kier alpha value is -2.84. The van der Waals surface area contributed by atoms with Crippen LogP contribution in [0.5, 0.6) is 0 Å². The Labute approximate surface area is 219 Å². The van der Waals surface area contributed by atoms with Gasteiger partial charge in [0.25, 0.3) is 0 Å². The average Bonchev–Trinajstić information content (AvgIpc) is 3.68. The molecule has 2 saturated heterocycles. The molecule has 8 heteroatoms. The Morgan fingerprint density at radius 1 is 1.27 bits per heavy atom. The lowest BCUT2D eigenvalue weighted by atomic mass is 9.83. The molecule has 5 heterocycles. The minimum Gasteiger partial charge on any atom is -0.465 e. The number of rotatable bonds is 7. The number of dihydropyridines is 1. The summed E-state index contributed by atoms with van der Waals surface area (Å²) in [6, 6.07) is 0.275. The topological polar surface area (TPSA) is 95.0 Å². The number of aromatic nitrogens is 2. The normalized spacial score (nSPS) is 31.3. The first-order valence-corrected chi connectivity index (χ1v) is 13.9. The molecular weight excluding hydrogens is 464 g/mol. The fraction of sp³-hybridized carbons (Fsp3) is 0.586. The number of esters is 1. The van der Waals surface area contributed by atoms with E-state index in [2.05, 4.69) is 56.4 Å². The van der Waals surface area contributed by atoms with Crippen molar-refractivity contribution in [3.05, 3.63) is 53.3 Å². The van der Waals surface area contributed by atoms with Crippen LogP contribution in [-0.4, -0.2) is 78.1 Å². The number of carbonyl (C=O) groups is 1. The SMILES string of the molecule is CC1CC=CC(c2nc[nH]c2C2C=CC3=C(CC(C(=O)OCCCN4CCC5(CCNC5)C4)C=N3)C2)=N1. The van der Waals surface area contributed by atoms with Crippen LogP contribution in [0.1, 0.15) is 62.8 Å². The van der Waals surface area contributed by atoms with Crippen molar-refractivity contribution in [1.29, 1.82) is 0 Å². The van der Waals surface area contributed by atoms with Gasteiger partial charge in [-0.2, -0.15) is 0 Å². The fourth-order valence-corrected chi connectivity index (χ4v) is 6.49. The van der Waals surface area contributed by atoms with Gasteiger partial charge >= 0.3 is 5.97 Å². The van der Waals surface area contributed by atoms with Gasteiger partial charge in [-0.1, -0.05) is 12.2 Å². The van der Waals surface area contributed by atoms with Crippen molar-refractivity contribution >= 4 is 17.9 Å². The first-order chi connectivity index (χ1) is 18.1. The quantitative estimate of drug-likeness (QED) is 0.439. The van der Waals surface area contributed by atoms with Crippen LogP contribution < -0.4 is 5.32 Å². The maximum Gasteiger partial charge on any atom is 0.314 e. The molecule has 1 aromatic rings. The second kappa shape index (κ2) is 10.5. The number of nitrogens with one attached hydrogen (secondary N) is 2. The van der Waals surface area contributed by atoms with E-state index in [1.165, 1.54) is 25.0 Å². The summed E-state index contributed by atoms with van der Waals surface area (Å²) in [7, 11) is 0. The first-order valence-electron chi connectivity index (χ1n) is 13.9. The minimum absolute atomic E-state index is 0.155. The Balaban J connectivity index is 1.00. The summed E-state index contributed by atoms with van der Waals surface area (Å²) in [6.45, 7) is 8.25. The molecule has 37 heavy (non-hydrogen) atoms. The van der Waals surface area contributed by atoms with Crippen LogP contribution in [0, 0.1) is 11.3 Å². The van der Waals surface area contributed by atoms with E-state index in [9.17, 15) is 4.79 Å². The summed E-state index contributed by atoms with van der Waals surface area (Å²) in [5, 5.41) is 3.51. The van der Waals surface area contributed by atoms with E-state index < -0.39 is 0 Å². The summed E-state index contributed by atoms with van der Waals surface area (Å²) in [4.78, 5) is 32.7. The number of aromatic amines is 1. The standard InChI is InChI=1S/C29H38N6O2/c1-20-4-2-5-25(34-20)27-26(32-19-33-27)21-6-7-24-22(14-21)15-23(16-31-24)28(36)37-13-3-11-35-12-9-29(18-35)8-10-30-17-29/h2,5-7,16,19-21,23,30H,3-4,8-15,17-18H2,1H3,(H,32,33). The molecule has 4 aliphatic heterocycles. The molecule has 4 atom stereocenters. The molecule has 4 unspecified atom stereocenters. The number of imidazole rings is 1. The van der Waals surface area contributed by atoms with E-state index in [0.717, 1.165) is 68.2 Å². The minimum atomic E-state index is -0.307. The van der Waals surface area contributed by atoms with E-state index in [4.69, 9.17) is 9.73 Å². The van der Waals surface area contributed by atoms with Crippen molar-refractivity contribution in [2.24, 2.45) is 21.3 Å². The van der Waals surface area contributed by atoms with E-state index in [0.29, 0.717) is 18.4 Å². The molecule has 2 fully saturated rings. The molecule has 8 nitrogen and oxygen atoms in total. The highest BCUT2D eigenvalue weighted by atomic mass is 16.5. The summed E-state index contributed by atoms with van der Waals surface area (Å²) < 4.78 is 5.70. The van der Waals surface area contributed by atoms with Gasteiger partial charge in [0.1, 0.15) is 5.69 Å². The van der Waals surface area contributed by atoms with Gasteiger partial charge in [-0.15, -0.1) is 0 Å². The molecule has 196 valence electrons. The van der Waals surface area contributed by atoms with Crippen LogP contribution in [0.3, 0.4) is 0 Å². The molecule has 5 aliphatic rings. The number of hydrogen-bond donors (Lipinski definition) is 2. The first kappa shape index (κ1) is 24.5. The predicted octanol–water partition coefficient (Wildman–Crippen LogP) is 3.55. The molecule has 0 radical (unpaired) electrons. The number of nitrogens with zero attached hydrogens (tertiary/aromatic N) is 4. The zero-order valence-corrected chi connectivity index (χ0v) is 21.8. The zero-order valence-electron chi connectivity index (χ0n) is 21.8. The van der Waals surface area contributed by atoms with Gasteiger partial charge in [0, 0.05) is 31.8 Å². The van der Waals surface area contributed by atoms with Crippen molar-refractivity contribution in [2.75, 3.05) is 39.3 Å². The molecule has 2 N–H and O–H groups in total. The third-order valence-electron chi connectivity index (χ3n) is 8.58. The molecule has 1 aliphatic carbocycles. The smallest absolute Gasteiger partial charge is 0.314 e. The van der Waals surface area contributed by atoms with Crippen LogP contribution >= 0.6 is 0 Å². The summed E-state index contributed by atoms with van der Waals surface area (Å²) >= 11 is 0. The zero-order chi connectivity index (χ0) is 25.2. The maximum absolute atomic E-state index is 12.9. The fourth-order valence-electron chi connectivity index (χ4n) is 6.49. The highest BCUT2D eigenvalue weighted by molar-refractivity contribution is 6.08. The summed E-state index contributed by atoms with van der Waals surface area (Å²) in [5.74, 6) is -0.302. The lowest BCUT2D eigenvalue weighted by molar-refractivity contribution is -0.146. The number of ether oxygens (including phenoxy) is 1. The third-order valence-corrected chi connectivity index (χ3v) is 8.58. The lowest BCUT2D eigenvalue weighted by Gasteiger charge is -2.26. The Morgan fingerprint density at radius 2 is 2.22 bits per heavy atom.